The zero-order valence-corrected chi connectivity index (χ0v) is 19.8. The van der Waals surface area contributed by atoms with Crippen molar-refractivity contribution >= 4 is 34.5 Å². The molecule has 0 saturated carbocycles. The number of benzene rings is 2. The van der Waals surface area contributed by atoms with Crippen LogP contribution in [0.15, 0.2) is 42.5 Å². The fraction of sp³-hybridized carbons (Fsp3) is 0.360. The lowest BCUT2D eigenvalue weighted by Crippen LogP contribution is -2.51. The van der Waals surface area contributed by atoms with Crippen molar-refractivity contribution in [2.75, 3.05) is 32.8 Å². The van der Waals surface area contributed by atoms with E-state index in [1.165, 1.54) is 0 Å². The predicted octanol–water partition coefficient (Wildman–Crippen LogP) is 3.96. The molecule has 1 aliphatic rings. The second-order valence-corrected chi connectivity index (χ2v) is 8.57. The highest BCUT2D eigenvalue weighted by molar-refractivity contribution is 6.30. The Labute approximate surface area is 198 Å². The van der Waals surface area contributed by atoms with Crippen LogP contribution in [-0.4, -0.2) is 64.4 Å². The molecule has 2 heterocycles. The maximum absolute atomic E-state index is 13.2. The molecule has 0 aliphatic carbocycles. The lowest BCUT2D eigenvalue weighted by molar-refractivity contribution is -0.150. The van der Waals surface area contributed by atoms with Gasteiger partial charge in [-0.1, -0.05) is 23.7 Å². The molecular weight excluding hydrogens is 440 g/mol. The number of carbonyl (C=O) groups is 2. The quantitative estimate of drug-likeness (QED) is 0.530. The number of hydrogen-bond acceptors (Lipinski definition) is 6. The molecule has 0 radical (unpaired) electrons. The van der Waals surface area contributed by atoms with E-state index in [0.717, 1.165) is 22.5 Å². The fourth-order valence-electron chi connectivity index (χ4n) is 4.09. The van der Waals surface area contributed by atoms with Gasteiger partial charge in [-0.25, -0.2) is 14.8 Å². The number of halogens is 1. The van der Waals surface area contributed by atoms with Crippen LogP contribution < -0.4 is 0 Å². The number of nitrogens with zero attached hydrogens (tertiary/aromatic N) is 4. The molecule has 0 bridgehead atoms. The molecule has 1 unspecified atom stereocenters. The molecule has 7 nitrogen and oxygen atoms in total. The van der Waals surface area contributed by atoms with Gasteiger partial charge in [-0.2, -0.15) is 0 Å². The number of hydrogen-bond donors (Lipinski definition) is 0. The normalized spacial score (nSPS) is 15.5. The Morgan fingerprint density at radius 2 is 1.61 bits per heavy atom. The summed E-state index contributed by atoms with van der Waals surface area (Å²) in [5.74, 6) is -0.339. The van der Waals surface area contributed by atoms with Crippen molar-refractivity contribution in [2.24, 2.45) is 0 Å². The van der Waals surface area contributed by atoms with E-state index in [1.54, 1.807) is 31.2 Å². The van der Waals surface area contributed by atoms with Gasteiger partial charge in [0.25, 0.3) is 5.91 Å². The van der Waals surface area contributed by atoms with Gasteiger partial charge < -0.3 is 9.64 Å². The number of carbonyl (C=O) groups excluding carboxylic acids is 2. The first-order chi connectivity index (χ1) is 15.9. The second kappa shape index (κ2) is 9.85. The molecule has 1 saturated heterocycles. The second-order valence-electron chi connectivity index (χ2n) is 8.13. The first-order valence-electron chi connectivity index (χ1n) is 11.1. The highest BCUT2D eigenvalue weighted by Gasteiger charge is 2.33. The van der Waals surface area contributed by atoms with Crippen LogP contribution >= 0.6 is 11.6 Å². The van der Waals surface area contributed by atoms with E-state index in [0.29, 0.717) is 48.9 Å². The van der Waals surface area contributed by atoms with Gasteiger partial charge in [0.15, 0.2) is 0 Å². The molecule has 3 aromatic rings. The van der Waals surface area contributed by atoms with Crippen LogP contribution in [0.25, 0.3) is 11.0 Å². The zero-order chi connectivity index (χ0) is 23.5. The molecule has 0 N–H and O–H groups in total. The van der Waals surface area contributed by atoms with E-state index in [9.17, 15) is 9.59 Å². The fourth-order valence-corrected chi connectivity index (χ4v) is 4.22. The topological polar surface area (TPSA) is 75.6 Å². The van der Waals surface area contributed by atoms with Gasteiger partial charge >= 0.3 is 5.97 Å². The SMILES string of the molecule is CCOC(=O)C(c1ccc(Cl)cc1)N1CCN(C(=O)c2ccc3nc(C)c(C)nc3c2)CC1. The summed E-state index contributed by atoms with van der Waals surface area (Å²) < 4.78 is 5.34. The van der Waals surface area contributed by atoms with E-state index in [4.69, 9.17) is 16.3 Å². The molecular formula is C25H27ClN4O3. The Hall–Kier alpha value is -3.03. The third-order valence-corrected chi connectivity index (χ3v) is 6.24. The molecule has 1 atom stereocenters. The van der Waals surface area contributed by atoms with E-state index >= 15 is 0 Å². The van der Waals surface area contributed by atoms with Gasteiger partial charge in [0.05, 0.1) is 29.0 Å². The molecule has 33 heavy (non-hydrogen) atoms. The minimum Gasteiger partial charge on any atom is -0.465 e. The van der Waals surface area contributed by atoms with Crippen LogP contribution in [0.3, 0.4) is 0 Å². The third kappa shape index (κ3) is 4.99. The summed E-state index contributed by atoms with van der Waals surface area (Å²) >= 11 is 6.03. The minimum absolute atomic E-state index is 0.0456. The van der Waals surface area contributed by atoms with E-state index < -0.39 is 6.04 Å². The van der Waals surface area contributed by atoms with Crippen LogP contribution in [0, 0.1) is 13.8 Å². The van der Waals surface area contributed by atoms with Gasteiger partial charge in [-0.15, -0.1) is 0 Å². The van der Waals surface area contributed by atoms with Crippen LogP contribution in [0.5, 0.6) is 0 Å². The highest BCUT2D eigenvalue weighted by Crippen LogP contribution is 2.26. The molecule has 8 heteroatoms. The number of ether oxygens (including phenoxy) is 1. The Kier molecular flexibility index (Phi) is 6.91. The smallest absolute Gasteiger partial charge is 0.328 e. The van der Waals surface area contributed by atoms with E-state index in [1.807, 2.05) is 36.9 Å². The lowest BCUT2D eigenvalue weighted by atomic mass is 10.0. The summed E-state index contributed by atoms with van der Waals surface area (Å²) in [6.07, 6.45) is 0. The summed E-state index contributed by atoms with van der Waals surface area (Å²) in [5, 5.41) is 0.613. The maximum atomic E-state index is 13.2. The average molecular weight is 467 g/mol. The number of esters is 1. The minimum atomic E-state index is -0.526. The van der Waals surface area contributed by atoms with Gasteiger partial charge in [-0.3, -0.25) is 9.69 Å². The van der Waals surface area contributed by atoms with Gasteiger partial charge in [0.2, 0.25) is 0 Å². The number of rotatable bonds is 5. The van der Waals surface area contributed by atoms with Crippen LogP contribution in [0.1, 0.15) is 40.3 Å². The monoisotopic (exact) mass is 466 g/mol. The van der Waals surface area contributed by atoms with Crippen LogP contribution in [0.4, 0.5) is 0 Å². The van der Waals surface area contributed by atoms with Gasteiger partial charge in [0.1, 0.15) is 6.04 Å². The van der Waals surface area contributed by atoms with Crippen LogP contribution in [-0.2, 0) is 9.53 Å². The molecule has 172 valence electrons. The number of amides is 1. The first-order valence-corrected chi connectivity index (χ1v) is 11.5. The Bertz CT molecular complexity index is 1170. The molecule has 1 aromatic heterocycles. The van der Waals surface area contributed by atoms with E-state index in [-0.39, 0.29) is 11.9 Å². The Balaban J connectivity index is 1.49. The number of aryl methyl sites for hydroxylation is 2. The Morgan fingerprint density at radius 1 is 0.970 bits per heavy atom. The molecule has 1 fully saturated rings. The Morgan fingerprint density at radius 3 is 2.24 bits per heavy atom. The van der Waals surface area contributed by atoms with Crippen molar-refractivity contribution in [3.05, 3.63) is 70.0 Å². The maximum Gasteiger partial charge on any atom is 0.328 e. The molecule has 1 amide bonds. The largest absolute Gasteiger partial charge is 0.465 e. The molecule has 4 rings (SSSR count). The summed E-state index contributed by atoms with van der Waals surface area (Å²) in [5.41, 5.74) is 4.65. The first kappa shape index (κ1) is 23.1. The van der Waals surface area contributed by atoms with Crippen molar-refractivity contribution in [1.82, 2.24) is 19.8 Å². The predicted molar refractivity (Wildman–Crippen MR) is 127 cm³/mol. The van der Waals surface area contributed by atoms with Crippen molar-refractivity contribution in [3.8, 4) is 0 Å². The van der Waals surface area contributed by atoms with Crippen LogP contribution in [0.2, 0.25) is 5.02 Å². The summed E-state index contributed by atoms with van der Waals surface area (Å²) in [7, 11) is 0. The van der Waals surface area contributed by atoms with Crippen molar-refractivity contribution < 1.29 is 14.3 Å². The standard InChI is InChI=1S/C25H27ClN4O3/c1-4-33-25(32)23(18-5-8-20(26)9-6-18)29-11-13-30(14-12-29)24(31)19-7-10-21-22(15-19)28-17(3)16(2)27-21/h5-10,15,23H,4,11-14H2,1-3H3. The number of fused-ring (bicyclic) bond motifs is 1. The van der Waals surface area contributed by atoms with Crippen molar-refractivity contribution in [3.63, 3.8) is 0 Å². The van der Waals surface area contributed by atoms with Gasteiger partial charge in [-0.05, 0) is 56.7 Å². The van der Waals surface area contributed by atoms with Gasteiger partial charge in [0, 0.05) is 36.8 Å². The van der Waals surface area contributed by atoms with Crippen molar-refractivity contribution in [2.45, 2.75) is 26.8 Å². The number of aromatic nitrogens is 2. The molecule has 2 aromatic carbocycles. The summed E-state index contributed by atoms with van der Waals surface area (Å²) in [4.78, 5) is 38.9. The lowest BCUT2D eigenvalue weighted by Gasteiger charge is -2.38. The number of piperazine rings is 1. The molecule has 0 spiro atoms. The summed E-state index contributed by atoms with van der Waals surface area (Å²) in [6.45, 7) is 8.09. The molecule has 1 aliphatic heterocycles. The highest BCUT2D eigenvalue weighted by atomic mass is 35.5. The van der Waals surface area contributed by atoms with Crippen molar-refractivity contribution in [1.29, 1.82) is 0 Å². The summed E-state index contributed by atoms with van der Waals surface area (Å²) in [6, 6.07) is 12.2. The zero-order valence-electron chi connectivity index (χ0n) is 19.0. The third-order valence-electron chi connectivity index (χ3n) is 5.98. The average Bonchev–Trinajstić information content (AvgIpc) is 2.81. The van der Waals surface area contributed by atoms with E-state index in [2.05, 4.69) is 14.9 Å².